The van der Waals surface area contributed by atoms with Gasteiger partial charge in [0.05, 0.1) is 5.56 Å². The van der Waals surface area contributed by atoms with Crippen LogP contribution in [0.25, 0.3) is 0 Å². The first-order valence-electron chi connectivity index (χ1n) is 7.47. The molecule has 1 aromatic carbocycles. The number of hydrogen-bond donors (Lipinski definition) is 1. The average molecular weight is 367 g/mol. The van der Waals surface area contributed by atoms with Gasteiger partial charge < -0.3 is 14.8 Å². The summed E-state index contributed by atoms with van der Waals surface area (Å²) in [5.74, 6) is -0.962. The predicted molar refractivity (Wildman–Crippen MR) is 88.8 cm³/mol. The van der Waals surface area contributed by atoms with Crippen molar-refractivity contribution in [3.8, 4) is 0 Å². The number of halogens is 3. The molecule has 1 heterocycles. The number of carbonyl (C=O) groups is 2. The van der Waals surface area contributed by atoms with Crippen molar-refractivity contribution in [2.24, 2.45) is 0 Å². The minimum Gasteiger partial charge on any atom is -0.345 e. The van der Waals surface area contributed by atoms with Crippen LogP contribution in [0.1, 0.15) is 15.9 Å². The second kappa shape index (κ2) is 7.42. The number of nitrogens with one attached hydrogen (secondary N) is 1. The molecule has 6 nitrogen and oxygen atoms in total. The van der Waals surface area contributed by atoms with Gasteiger partial charge in [0.1, 0.15) is 6.54 Å². The molecule has 1 aromatic heterocycles. The van der Waals surface area contributed by atoms with E-state index in [4.69, 9.17) is 0 Å². The maximum Gasteiger partial charge on any atom is 0.417 e. The Bertz CT molecular complexity index is 889. The van der Waals surface area contributed by atoms with Crippen LogP contribution in [0.15, 0.2) is 47.4 Å². The number of amides is 2. The Labute approximate surface area is 146 Å². The number of aromatic nitrogens is 1. The van der Waals surface area contributed by atoms with E-state index in [9.17, 15) is 27.6 Å². The van der Waals surface area contributed by atoms with Crippen molar-refractivity contribution in [1.82, 2.24) is 9.47 Å². The Balaban J connectivity index is 2.16. The summed E-state index contributed by atoms with van der Waals surface area (Å²) in [7, 11) is 3.15. The molecule has 0 unspecified atom stereocenters. The van der Waals surface area contributed by atoms with Gasteiger partial charge in [0, 0.05) is 37.6 Å². The molecule has 9 heteroatoms. The monoisotopic (exact) mass is 367 g/mol. The van der Waals surface area contributed by atoms with Crippen LogP contribution in [0.3, 0.4) is 0 Å². The van der Waals surface area contributed by atoms with Crippen LogP contribution >= 0.6 is 0 Å². The number of alkyl halides is 3. The van der Waals surface area contributed by atoms with E-state index >= 15 is 0 Å². The molecule has 2 amide bonds. The van der Waals surface area contributed by atoms with Gasteiger partial charge in [0.25, 0.3) is 11.5 Å². The summed E-state index contributed by atoms with van der Waals surface area (Å²) in [6.07, 6.45) is -4.03. The quantitative estimate of drug-likeness (QED) is 0.901. The zero-order valence-electron chi connectivity index (χ0n) is 14.0. The van der Waals surface area contributed by atoms with E-state index in [1.807, 2.05) is 0 Å². The molecule has 0 aliphatic rings. The molecule has 0 saturated heterocycles. The smallest absolute Gasteiger partial charge is 0.345 e. The fourth-order valence-corrected chi connectivity index (χ4v) is 2.17. The second-order valence-corrected chi connectivity index (χ2v) is 5.71. The number of carbonyl (C=O) groups excluding carboxylic acids is 2. The lowest BCUT2D eigenvalue weighted by Crippen LogP contribution is -2.28. The molecule has 1 N–H and O–H groups in total. The maximum absolute atomic E-state index is 12.7. The Hall–Kier alpha value is -3.10. The lowest BCUT2D eigenvalue weighted by molar-refractivity contribution is -0.138. The minimum absolute atomic E-state index is 0.268. The van der Waals surface area contributed by atoms with Crippen LogP contribution in [-0.4, -0.2) is 35.4 Å². The second-order valence-electron chi connectivity index (χ2n) is 5.71. The van der Waals surface area contributed by atoms with Crippen LogP contribution in [-0.2, 0) is 17.5 Å². The van der Waals surface area contributed by atoms with E-state index in [1.54, 1.807) is 26.2 Å². The molecule has 0 radical (unpaired) electrons. The van der Waals surface area contributed by atoms with E-state index in [0.29, 0.717) is 28.1 Å². The third kappa shape index (κ3) is 4.71. The Morgan fingerprint density at radius 1 is 1.15 bits per heavy atom. The van der Waals surface area contributed by atoms with E-state index in [0.717, 1.165) is 6.07 Å². The molecule has 2 aromatic rings. The van der Waals surface area contributed by atoms with Gasteiger partial charge in [0.2, 0.25) is 5.91 Å². The molecule has 0 fully saturated rings. The molecule has 0 aliphatic carbocycles. The number of benzene rings is 1. The lowest BCUT2D eigenvalue weighted by atomic mass is 10.2. The van der Waals surface area contributed by atoms with Crippen molar-refractivity contribution in [3.05, 3.63) is 64.1 Å². The van der Waals surface area contributed by atoms with Gasteiger partial charge in [-0.05, 0) is 24.3 Å². The van der Waals surface area contributed by atoms with Crippen molar-refractivity contribution >= 4 is 17.5 Å². The number of hydrogen-bond acceptors (Lipinski definition) is 3. The number of nitrogens with zero attached hydrogens (tertiary/aromatic N) is 2. The van der Waals surface area contributed by atoms with Crippen LogP contribution in [0, 0.1) is 0 Å². The Morgan fingerprint density at radius 3 is 2.46 bits per heavy atom. The largest absolute Gasteiger partial charge is 0.417 e. The van der Waals surface area contributed by atoms with E-state index in [2.05, 4.69) is 5.32 Å². The van der Waals surface area contributed by atoms with E-state index in [-0.39, 0.29) is 5.91 Å². The summed E-state index contributed by atoms with van der Waals surface area (Å²) in [5.41, 5.74) is -1.13. The zero-order chi connectivity index (χ0) is 19.5. The third-order valence-corrected chi connectivity index (χ3v) is 3.42. The molecule has 0 bridgehead atoms. The number of rotatable bonds is 4. The van der Waals surface area contributed by atoms with Crippen molar-refractivity contribution in [3.63, 3.8) is 0 Å². The topological polar surface area (TPSA) is 71.4 Å². The fraction of sp³-hybridized carbons (Fsp3) is 0.235. The van der Waals surface area contributed by atoms with E-state index < -0.39 is 29.8 Å². The van der Waals surface area contributed by atoms with Crippen molar-refractivity contribution in [1.29, 1.82) is 0 Å². The fourth-order valence-electron chi connectivity index (χ4n) is 2.17. The van der Waals surface area contributed by atoms with Crippen LogP contribution in [0.4, 0.5) is 18.9 Å². The average Bonchev–Trinajstić information content (AvgIpc) is 2.55. The molecule has 26 heavy (non-hydrogen) atoms. The van der Waals surface area contributed by atoms with Crippen LogP contribution < -0.4 is 10.9 Å². The summed E-state index contributed by atoms with van der Waals surface area (Å²) in [6, 6.07) is 7.51. The summed E-state index contributed by atoms with van der Waals surface area (Å²) < 4.78 is 38.8. The first kappa shape index (κ1) is 19.2. The van der Waals surface area contributed by atoms with Crippen LogP contribution in [0.2, 0.25) is 0 Å². The summed E-state index contributed by atoms with van der Waals surface area (Å²) >= 11 is 0. The number of anilines is 1. The molecule has 0 saturated carbocycles. The highest BCUT2D eigenvalue weighted by Gasteiger charge is 2.31. The predicted octanol–water partition coefficient (Wildman–Crippen LogP) is 2.21. The summed E-state index contributed by atoms with van der Waals surface area (Å²) in [4.78, 5) is 37.0. The van der Waals surface area contributed by atoms with Gasteiger partial charge in [-0.25, -0.2) is 0 Å². The Kier molecular flexibility index (Phi) is 5.49. The van der Waals surface area contributed by atoms with Gasteiger partial charge in [0.15, 0.2) is 0 Å². The minimum atomic E-state index is -4.62. The molecule has 0 atom stereocenters. The highest BCUT2D eigenvalue weighted by atomic mass is 19.4. The van der Waals surface area contributed by atoms with Crippen molar-refractivity contribution in [2.75, 3.05) is 19.4 Å². The first-order chi connectivity index (χ1) is 12.1. The normalized spacial score (nSPS) is 11.1. The Morgan fingerprint density at radius 2 is 1.85 bits per heavy atom. The van der Waals surface area contributed by atoms with Gasteiger partial charge in [-0.1, -0.05) is 6.07 Å². The standard InChI is InChI=1S/C17H16F3N3O3/c1-22(2)16(26)11-4-3-5-13(8-11)21-14(24)10-23-9-12(17(18,19)20)6-7-15(23)25/h3-9H,10H2,1-2H3,(H,21,24). The first-order valence-corrected chi connectivity index (χ1v) is 7.47. The van der Waals surface area contributed by atoms with Crippen LogP contribution in [0.5, 0.6) is 0 Å². The van der Waals surface area contributed by atoms with Gasteiger partial charge in [-0.2, -0.15) is 13.2 Å². The molecular formula is C17H16F3N3O3. The van der Waals surface area contributed by atoms with Gasteiger partial charge in [-0.3, -0.25) is 14.4 Å². The highest BCUT2D eigenvalue weighted by Crippen LogP contribution is 2.28. The summed E-state index contributed by atoms with van der Waals surface area (Å²) in [6.45, 7) is -0.589. The van der Waals surface area contributed by atoms with E-state index in [1.165, 1.54) is 17.0 Å². The zero-order valence-corrected chi connectivity index (χ0v) is 14.0. The molecule has 0 aliphatic heterocycles. The number of pyridine rings is 1. The van der Waals surface area contributed by atoms with Gasteiger partial charge >= 0.3 is 6.18 Å². The maximum atomic E-state index is 12.7. The van der Waals surface area contributed by atoms with Gasteiger partial charge in [-0.15, -0.1) is 0 Å². The molecule has 2 rings (SSSR count). The lowest BCUT2D eigenvalue weighted by Gasteiger charge is -2.13. The SMILES string of the molecule is CN(C)C(=O)c1cccc(NC(=O)Cn2cc(C(F)(F)F)ccc2=O)c1. The summed E-state index contributed by atoms with van der Waals surface area (Å²) in [5, 5.41) is 2.46. The molecular weight excluding hydrogens is 351 g/mol. The van der Waals surface area contributed by atoms with Crippen molar-refractivity contribution in [2.45, 2.75) is 12.7 Å². The molecule has 138 valence electrons. The van der Waals surface area contributed by atoms with Crippen molar-refractivity contribution < 1.29 is 22.8 Å². The third-order valence-electron chi connectivity index (χ3n) is 3.42. The molecule has 0 spiro atoms. The highest BCUT2D eigenvalue weighted by molar-refractivity contribution is 5.96.